The molecule has 3 atom stereocenters. The van der Waals surface area contributed by atoms with Crippen molar-refractivity contribution in [3.05, 3.63) is 60.2 Å². The SMILES string of the molecule is CC(C)[C@@H]1CN2C[C@@H](NC(=O)Cc3ccc(-c4ccccc4)cc3)C[C@H]2CO1. The lowest BCUT2D eigenvalue weighted by molar-refractivity contribution is -0.121. The Hall–Kier alpha value is -2.17. The standard InChI is InChI=1S/C24H30N2O2/c1-17(2)23-15-26-14-21(13-22(26)16-28-23)25-24(27)12-18-8-10-20(11-9-18)19-6-4-3-5-7-19/h3-11,17,21-23H,12-16H2,1-2H3,(H,25,27)/t21-,22-,23-/m0/s1. The van der Waals surface area contributed by atoms with E-state index in [0.717, 1.165) is 31.7 Å². The number of benzene rings is 2. The Bertz CT molecular complexity index is 788. The third-order valence-electron chi connectivity index (χ3n) is 5.98. The van der Waals surface area contributed by atoms with Crippen LogP contribution in [-0.4, -0.2) is 48.7 Å². The lowest BCUT2D eigenvalue weighted by Crippen LogP contribution is -2.48. The van der Waals surface area contributed by atoms with Gasteiger partial charge in [-0.3, -0.25) is 9.69 Å². The van der Waals surface area contributed by atoms with Crippen molar-refractivity contribution < 1.29 is 9.53 Å². The molecule has 2 saturated heterocycles. The minimum Gasteiger partial charge on any atom is -0.375 e. The average molecular weight is 379 g/mol. The predicted octanol–water partition coefficient (Wildman–Crippen LogP) is 3.51. The molecule has 0 bridgehead atoms. The molecule has 0 saturated carbocycles. The fourth-order valence-corrected chi connectivity index (χ4v) is 4.32. The first-order valence-electron chi connectivity index (χ1n) is 10.4. The van der Waals surface area contributed by atoms with Gasteiger partial charge < -0.3 is 10.1 Å². The second-order valence-corrected chi connectivity index (χ2v) is 8.46. The largest absolute Gasteiger partial charge is 0.375 e. The van der Waals surface area contributed by atoms with Crippen molar-refractivity contribution in [1.29, 1.82) is 0 Å². The molecule has 1 N–H and O–H groups in total. The zero-order valence-corrected chi connectivity index (χ0v) is 16.8. The van der Waals surface area contributed by atoms with Gasteiger partial charge in [-0.05, 0) is 29.0 Å². The molecule has 0 spiro atoms. The van der Waals surface area contributed by atoms with Crippen LogP contribution in [0.5, 0.6) is 0 Å². The highest BCUT2D eigenvalue weighted by Crippen LogP contribution is 2.26. The first-order chi connectivity index (χ1) is 13.6. The number of rotatable bonds is 5. The van der Waals surface area contributed by atoms with Gasteiger partial charge in [0.05, 0.1) is 19.1 Å². The van der Waals surface area contributed by atoms with Crippen molar-refractivity contribution in [2.75, 3.05) is 19.7 Å². The third kappa shape index (κ3) is 4.45. The van der Waals surface area contributed by atoms with Gasteiger partial charge in [-0.1, -0.05) is 68.4 Å². The first kappa shape index (κ1) is 19.2. The van der Waals surface area contributed by atoms with E-state index >= 15 is 0 Å². The zero-order chi connectivity index (χ0) is 19.5. The second kappa shape index (κ2) is 8.46. The van der Waals surface area contributed by atoms with Crippen LogP contribution in [0, 0.1) is 5.92 Å². The highest BCUT2D eigenvalue weighted by Gasteiger charge is 2.38. The number of nitrogens with one attached hydrogen (secondary N) is 1. The smallest absolute Gasteiger partial charge is 0.224 e. The summed E-state index contributed by atoms with van der Waals surface area (Å²) in [6, 6.07) is 19.3. The number of fused-ring (bicyclic) bond motifs is 1. The Morgan fingerprint density at radius 3 is 2.50 bits per heavy atom. The number of morpholine rings is 1. The molecule has 148 valence electrons. The zero-order valence-electron chi connectivity index (χ0n) is 16.8. The fourth-order valence-electron chi connectivity index (χ4n) is 4.32. The molecule has 2 fully saturated rings. The molecule has 28 heavy (non-hydrogen) atoms. The van der Waals surface area contributed by atoms with Crippen LogP contribution in [0.1, 0.15) is 25.8 Å². The maximum Gasteiger partial charge on any atom is 0.224 e. The Kier molecular flexibility index (Phi) is 5.79. The van der Waals surface area contributed by atoms with E-state index in [1.165, 1.54) is 11.1 Å². The Morgan fingerprint density at radius 2 is 1.79 bits per heavy atom. The summed E-state index contributed by atoms with van der Waals surface area (Å²) < 4.78 is 6.00. The van der Waals surface area contributed by atoms with Crippen LogP contribution in [0.15, 0.2) is 54.6 Å². The number of carbonyl (C=O) groups is 1. The van der Waals surface area contributed by atoms with E-state index < -0.39 is 0 Å². The van der Waals surface area contributed by atoms with Gasteiger partial charge in [-0.15, -0.1) is 0 Å². The molecule has 0 radical (unpaired) electrons. The highest BCUT2D eigenvalue weighted by molar-refractivity contribution is 5.79. The molecule has 2 aliphatic rings. The summed E-state index contributed by atoms with van der Waals surface area (Å²) >= 11 is 0. The van der Waals surface area contributed by atoms with E-state index in [1.54, 1.807) is 0 Å². The van der Waals surface area contributed by atoms with E-state index in [2.05, 4.69) is 60.5 Å². The van der Waals surface area contributed by atoms with Crippen molar-refractivity contribution in [3.63, 3.8) is 0 Å². The van der Waals surface area contributed by atoms with Crippen LogP contribution in [-0.2, 0) is 16.0 Å². The molecule has 0 aliphatic carbocycles. The molecule has 4 heteroatoms. The third-order valence-corrected chi connectivity index (χ3v) is 5.98. The van der Waals surface area contributed by atoms with Crippen molar-refractivity contribution in [2.45, 2.75) is 44.9 Å². The molecule has 4 nitrogen and oxygen atoms in total. The van der Waals surface area contributed by atoms with Crippen LogP contribution >= 0.6 is 0 Å². The number of carbonyl (C=O) groups excluding carboxylic acids is 1. The number of hydrogen-bond donors (Lipinski definition) is 1. The van der Waals surface area contributed by atoms with Crippen LogP contribution in [0.2, 0.25) is 0 Å². The van der Waals surface area contributed by atoms with Crippen molar-refractivity contribution >= 4 is 5.91 Å². The Balaban J connectivity index is 1.29. The minimum absolute atomic E-state index is 0.110. The molecule has 2 aromatic carbocycles. The van der Waals surface area contributed by atoms with Crippen molar-refractivity contribution in [1.82, 2.24) is 10.2 Å². The van der Waals surface area contributed by atoms with Crippen LogP contribution in [0.3, 0.4) is 0 Å². The highest BCUT2D eigenvalue weighted by atomic mass is 16.5. The molecule has 2 aromatic rings. The molecule has 4 rings (SSSR count). The molecular weight excluding hydrogens is 348 g/mol. The number of nitrogens with zero attached hydrogens (tertiary/aromatic N) is 1. The summed E-state index contributed by atoms with van der Waals surface area (Å²) in [5.41, 5.74) is 3.43. The Labute approximate surface area is 167 Å². The minimum atomic E-state index is 0.110. The van der Waals surface area contributed by atoms with Crippen LogP contribution in [0.25, 0.3) is 11.1 Å². The second-order valence-electron chi connectivity index (χ2n) is 8.46. The summed E-state index contributed by atoms with van der Waals surface area (Å²) in [5.74, 6) is 0.645. The summed E-state index contributed by atoms with van der Waals surface area (Å²) in [5, 5.41) is 3.24. The van der Waals surface area contributed by atoms with E-state index in [0.29, 0.717) is 24.5 Å². The first-order valence-corrected chi connectivity index (χ1v) is 10.4. The lowest BCUT2D eigenvalue weighted by atomic mass is 10.0. The van der Waals surface area contributed by atoms with E-state index in [9.17, 15) is 4.79 Å². The van der Waals surface area contributed by atoms with Gasteiger partial charge in [-0.2, -0.15) is 0 Å². The van der Waals surface area contributed by atoms with Gasteiger partial charge in [-0.25, -0.2) is 0 Å². The maximum atomic E-state index is 12.5. The average Bonchev–Trinajstić information content (AvgIpc) is 3.10. The predicted molar refractivity (Wildman–Crippen MR) is 112 cm³/mol. The quantitative estimate of drug-likeness (QED) is 0.866. The molecule has 1 amide bonds. The van der Waals surface area contributed by atoms with Crippen LogP contribution < -0.4 is 5.32 Å². The monoisotopic (exact) mass is 378 g/mol. The van der Waals surface area contributed by atoms with Gasteiger partial charge in [0.25, 0.3) is 0 Å². The maximum absolute atomic E-state index is 12.5. The van der Waals surface area contributed by atoms with Gasteiger partial charge in [0.15, 0.2) is 0 Å². The van der Waals surface area contributed by atoms with E-state index in [4.69, 9.17) is 4.74 Å². The number of hydrogen-bond acceptors (Lipinski definition) is 3. The number of ether oxygens (including phenoxy) is 1. The topological polar surface area (TPSA) is 41.6 Å². The fraction of sp³-hybridized carbons (Fsp3) is 0.458. The normalized spacial score (nSPS) is 24.9. The lowest BCUT2D eigenvalue weighted by Gasteiger charge is -2.36. The van der Waals surface area contributed by atoms with E-state index in [-0.39, 0.29) is 11.9 Å². The van der Waals surface area contributed by atoms with E-state index in [1.807, 2.05) is 18.2 Å². The molecule has 2 aliphatic heterocycles. The summed E-state index contributed by atoms with van der Waals surface area (Å²) in [6.45, 7) is 7.13. The molecular formula is C24H30N2O2. The Morgan fingerprint density at radius 1 is 1.07 bits per heavy atom. The van der Waals surface area contributed by atoms with Gasteiger partial charge >= 0.3 is 0 Å². The van der Waals surface area contributed by atoms with Gasteiger partial charge in [0.2, 0.25) is 5.91 Å². The number of amides is 1. The summed E-state index contributed by atoms with van der Waals surface area (Å²) in [7, 11) is 0. The summed E-state index contributed by atoms with van der Waals surface area (Å²) in [4.78, 5) is 15.0. The molecule has 0 aromatic heterocycles. The summed E-state index contributed by atoms with van der Waals surface area (Å²) in [6.07, 6.45) is 1.74. The molecule has 0 unspecified atom stereocenters. The molecule has 2 heterocycles. The van der Waals surface area contributed by atoms with Crippen molar-refractivity contribution in [2.24, 2.45) is 5.92 Å². The van der Waals surface area contributed by atoms with Gasteiger partial charge in [0.1, 0.15) is 0 Å². The van der Waals surface area contributed by atoms with Crippen LogP contribution in [0.4, 0.5) is 0 Å². The van der Waals surface area contributed by atoms with Crippen molar-refractivity contribution in [3.8, 4) is 11.1 Å². The van der Waals surface area contributed by atoms with Gasteiger partial charge in [0, 0.05) is 25.2 Å².